The number of rotatable bonds is 6. The van der Waals surface area contributed by atoms with E-state index >= 15 is 0 Å². The highest BCUT2D eigenvalue weighted by Gasteiger charge is 2.13. The van der Waals surface area contributed by atoms with E-state index in [4.69, 9.17) is 0 Å². The highest BCUT2D eigenvalue weighted by molar-refractivity contribution is 5.51. The molecule has 0 saturated carbocycles. The molecule has 35 heavy (non-hydrogen) atoms. The summed E-state index contributed by atoms with van der Waals surface area (Å²) in [6.07, 6.45) is 1.35. The average molecular weight is 473 g/mol. The molecule has 0 saturated heterocycles. The molecule has 180 valence electrons. The van der Waals surface area contributed by atoms with Gasteiger partial charge in [-0.15, -0.1) is 0 Å². The summed E-state index contributed by atoms with van der Waals surface area (Å²) in [7, 11) is 0. The molecular formula is C29H28O6. The predicted octanol–water partition coefficient (Wildman–Crippen LogP) is 5.31. The van der Waals surface area contributed by atoms with E-state index in [1.54, 1.807) is 12.1 Å². The molecular weight excluding hydrogens is 444 g/mol. The standard InChI is InChI=1S/C29H28O6/c1-16-7-20(12-22(28(16)34)10-18-3-5-24(30)26(32)14-18)9-21-8-17(2)29(35)23(13-21)11-19-4-6-25(31)27(33)15-19/h3-8,12-15,30-35H,9-11H2,1-2H3. The Morgan fingerprint density at radius 1 is 0.429 bits per heavy atom. The van der Waals surface area contributed by atoms with Crippen LogP contribution in [0.15, 0.2) is 60.7 Å². The third-order valence-electron chi connectivity index (χ3n) is 6.16. The van der Waals surface area contributed by atoms with Crippen LogP contribution in [0.4, 0.5) is 0 Å². The molecule has 0 heterocycles. The van der Waals surface area contributed by atoms with Crippen LogP contribution in [0.2, 0.25) is 0 Å². The minimum absolute atomic E-state index is 0.191. The van der Waals surface area contributed by atoms with Gasteiger partial charge >= 0.3 is 0 Å². The Morgan fingerprint density at radius 3 is 1.20 bits per heavy atom. The van der Waals surface area contributed by atoms with Gasteiger partial charge in [-0.1, -0.05) is 36.4 Å². The molecule has 0 radical (unpaired) electrons. The van der Waals surface area contributed by atoms with Gasteiger partial charge in [-0.3, -0.25) is 0 Å². The molecule has 0 atom stereocenters. The number of aryl methyl sites for hydroxylation is 2. The van der Waals surface area contributed by atoms with Gasteiger partial charge in [-0.2, -0.15) is 0 Å². The molecule has 0 aromatic heterocycles. The zero-order valence-electron chi connectivity index (χ0n) is 19.6. The van der Waals surface area contributed by atoms with Crippen LogP contribution in [0.1, 0.15) is 44.5 Å². The van der Waals surface area contributed by atoms with Crippen molar-refractivity contribution in [1.29, 1.82) is 0 Å². The van der Waals surface area contributed by atoms with Gasteiger partial charge in [0.2, 0.25) is 0 Å². The molecule has 4 aromatic rings. The Hall–Kier alpha value is -4.32. The summed E-state index contributed by atoms with van der Waals surface area (Å²) in [5, 5.41) is 60.0. The highest BCUT2D eigenvalue weighted by atomic mass is 16.3. The lowest BCUT2D eigenvalue weighted by Crippen LogP contribution is -1.98. The zero-order valence-corrected chi connectivity index (χ0v) is 19.6. The van der Waals surface area contributed by atoms with E-state index in [0.717, 1.165) is 33.4 Å². The van der Waals surface area contributed by atoms with E-state index in [9.17, 15) is 30.6 Å². The molecule has 6 nitrogen and oxygen atoms in total. The lowest BCUT2D eigenvalue weighted by molar-refractivity contribution is 0.403. The number of aromatic hydroxyl groups is 6. The fourth-order valence-corrected chi connectivity index (χ4v) is 4.37. The molecule has 6 heteroatoms. The molecule has 0 aliphatic heterocycles. The van der Waals surface area contributed by atoms with Crippen LogP contribution in [0, 0.1) is 13.8 Å². The molecule has 0 unspecified atom stereocenters. The first-order chi connectivity index (χ1) is 16.6. The maximum Gasteiger partial charge on any atom is 0.157 e. The first-order valence-electron chi connectivity index (χ1n) is 11.2. The Bertz CT molecular complexity index is 1300. The van der Waals surface area contributed by atoms with Gasteiger partial charge in [0.15, 0.2) is 23.0 Å². The van der Waals surface area contributed by atoms with Gasteiger partial charge in [-0.05, 0) is 89.0 Å². The molecule has 0 fully saturated rings. The second-order valence-corrected chi connectivity index (χ2v) is 9.02. The topological polar surface area (TPSA) is 121 Å². The first kappa shape index (κ1) is 23.8. The number of phenolic OH excluding ortho intramolecular Hbond substituents is 6. The van der Waals surface area contributed by atoms with Gasteiger partial charge in [0, 0.05) is 12.8 Å². The summed E-state index contributed by atoms with van der Waals surface area (Å²) in [5.74, 6) is -0.410. The third kappa shape index (κ3) is 5.27. The second kappa shape index (κ2) is 9.50. The normalized spacial score (nSPS) is 11.0. The Morgan fingerprint density at radius 2 is 0.829 bits per heavy atom. The Kier molecular flexibility index (Phi) is 6.47. The van der Waals surface area contributed by atoms with Gasteiger partial charge in [0.25, 0.3) is 0 Å². The number of hydrogen-bond donors (Lipinski definition) is 6. The summed E-state index contributed by atoms with van der Waals surface area (Å²) < 4.78 is 0. The molecule has 0 aliphatic rings. The molecule has 0 bridgehead atoms. The SMILES string of the molecule is Cc1cc(Cc2cc(C)c(O)c(Cc3ccc(O)c(O)c3)c2)cc(Cc2ccc(O)c(O)c2)c1O. The van der Waals surface area contributed by atoms with Crippen LogP contribution in [-0.2, 0) is 19.3 Å². The van der Waals surface area contributed by atoms with Crippen LogP contribution >= 0.6 is 0 Å². The summed E-state index contributed by atoms with van der Waals surface area (Å²) in [6.45, 7) is 3.67. The van der Waals surface area contributed by atoms with Gasteiger partial charge in [0.05, 0.1) is 0 Å². The predicted molar refractivity (Wildman–Crippen MR) is 134 cm³/mol. The molecule has 0 amide bonds. The monoisotopic (exact) mass is 472 g/mol. The van der Waals surface area contributed by atoms with Crippen molar-refractivity contribution in [2.45, 2.75) is 33.1 Å². The first-order valence-corrected chi connectivity index (χ1v) is 11.2. The van der Waals surface area contributed by atoms with Crippen LogP contribution in [-0.4, -0.2) is 30.6 Å². The summed E-state index contributed by atoms with van der Waals surface area (Å²) in [5.41, 5.74) is 6.36. The molecule has 6 N–H and O–H groups in total. The summed E-state index contributed by atoms with van der Waals surface area (Å²) >= 11 is 0. The maximum atomic E-state index is 10.6. The van der Waals surface area contributed by atoms with Crippen LogP contribution in [0.5, 0.6) is 34.5 Å². The summed E-state index contributed by atoms with van der Waals surface area (Å²) in [4.78, 5) is 0. The Balaban J connectivity index is 1.63. The molecule has 0 spiro atoms. The van der Waals surface area contributed by atoms with Crippen molar-refractivity contribution in [3.63, 3.8) is 0 Å². The molecule has 4 aromatic carbocycles. The van der Waals surface area contributed by atoms with E-state index in [0.29, 0.717) is 30.4 Å². The fraction of sp³-hybridized carbons (Fsp3) is 0.172. The van der Waals surface area contributed by atoms with Crippen molar-refractivity contribution in [3.8, 4) is 34.5 Å². The van der Waals surface area contributed by atoms with Gasteiger partial charge < -0.3 is 30.6 Å². The number of hydrogen-bond acceptors (Lipinski definition) is 6. The maximum absolute atomic E-state index is 10.6. The lowest BCUT2D eigenvalue weighted by atomic mass is 9.93. The minimum Gasteiger partial charge on any atom is -0.507 e. The van der Waals surface area contributed by atoms with Crippen molar-refractivity contribution in [2.75, 3.05) is 0 Å². The van der Waals surface area contributed by atoms with Crippen molar-refractivity contribution in [2.24, 2.45) is 0 Å². The zero-order chi connectivity index (χ0) is 25.3. The fourth-order valence-electron chi connectivity index (χ4n) is 4.37. The molecule has 4 rings (SSSR count). The van der Waals surface area contributed by atoms with Crippen LogP contribution in [0.3, 0.4) is 0 Å². The second-order valence-electron chi connectivity index (χ2n) is 9.02. The van der Waals surface area contributed by atoms with E-state index in [1.165, 1.54) is 24.3 Å². The number of benzene rings is 4. The van der Waals surface area contributed by atoms with Crippen LogP contribution < -0.4 is 0 Å². The average Bonchev–Trinajstić information content (AvgIpc) is 2.80. The summed E-state index contributed by atoms with van der Waals surface area (Å²) in [6, 6.07) is 16.9. The van der Waals surface area contributed by atoms with Crippen molar-refractivity contribution < 1.29 is 30.6 Å². The quantitative estimate of drug-likeness (QED) is 0.212. The highest BCUT2D eigenvalue weighted by Crippen LogP contribution is 2.33. The van der Waals surface area contributed by atoms with Crippen molar-refractivity contribution >= 4 is 0 Å². The smallest absolute Gasteiger partial charge is 0.157 e. The lowest BCUT2D eigenvalue weighted by Gasteiger charge is -2.14. The van der Waals surface area contributed by atoms with E-state index in [2.05, 4.69) is 0 Å². The number of phenols is 6. The van der Waals surface area contributed by atoms with Gasteiger partial charge in [0.1, 0.15) is 11.5 Å². The van der Waals surface area contributed by atoms with Crippen molar-refractivity contribution in [3.05, 3.63) is 105 Å². The van der Waals surface area contributed by atoms with E-state index in [-0.39, 0.29) is 34.5 Å². The van der Waals surface area contributed by atoms with Gasteiger partial charge in [-0.25, -0.2) is 0 Å². The largest absolute Gasteiger partial charge is 0.507 e. The minimum atomic E-state index is -0.205. The van der Waals surface area contributed by atoms with E-state index in [1.807, 2.05) is 38.1 Å². The van der Waals surface area contributed by atoms with Crippen molar-refractivity contribution in [1.82, 2.24) is 0 Å². The molecule has 0 aliphatic carbocycles. The third-order valence-corrected chi connectivity index (χ3v) is 6.16. The Labute approximate surface area is 203 Å². The van der Waals surface area contributed by atoms with Crippen LogP contribution in [0.25, 0.3) is 0 Å². The van der Waals surface area contributed by atoms with E-state index < -0.39 is 0 Å².